The Morgan fingerprint density at radius 1 is 0.574 bits per heavy atom. The van der Waals surface area contributed by atoms with Gasteiger partial charge in [-0.1, -0.05) is 12.2 Å². The Morgan fingerprint density at radius 3 is 1.31 bits per heavy atom. The predicted octanol–water partition coefficient (Wildman–Crippen LogP) is 10.2. The van der Waals surface area contributed by atoms with Crippen LogP contribution in [0.15, 0.2) is 72.8 Å². The van der Waals surface area contributed by atoms with Crippen LogP contribution < -0.4 is 14.2 Å². The summed E-state index contributed by atoms with van der Waals surface area (Å²) in [4.78, 5) is 37.4. The van der Waals surface area contributed by atoms with Crippen molar-refractivity contribution in [2.24, 2.45) is 0 Å². The smallest absolute Gasteiger partial charge is 0.350 e. The molecule has 0 saturated carbocycles. The molecule has 0 fully saturated rings. The van der Waals surface area contributed by atoms with E-state index in [1.165, 1.54) is 0 Å². The van der Waals surface area contributed by atoms with Gasteiger partial charge in [-0.3, -0.25) is 9.59 Å². The number of ketones is 2. The largest absolute Gasteiger partial charge is 0.507 e. The molecule has 0 aliphatic rings. The summed E-state index contributed by atoms with van der Waals surface area (Å²) in [6.07, 6.45) is 6.65. The van der Waals surface area contributed by atoms with E-state index in [0.29, 0.717) is 22.6 Å². The van der Waals surface area contributed by atoms with Crippen LogP contribution in [0.25, 0.3) is 12.2 Å². The number of hydrogen-bond donors (Lipinski definition) is 1. The summed E-state index contributed by atoms with van der Waals surface area (Å²) in [5.74, 6) is 1.89. The maximum absolute atomic E-state index is 12.6. The Morgan fingerprint density at radius 2 is 0.963 bits per heavy atom. The van der Waals surface area contributed by atoms with Crippen LogP contribution in [0.4, 0.5) is 0 Å². The van der Waals surface area contributed by atoms with Crippen molar-refractivity contribution in [1.82, 2.24) is 0 Å². The standard InChI is InChI=1S/C27H34O5.C19H20O3/c1-17-16-21(11-13-23(17)30-9)22(28)12-10-20-14-18(2)24(19(3)15-20)31-27(7,8)25(29)32-26(4,5)6;1-12-11-16(6-8-18(12)22-4)17(20)7-5-15-9-13(2)19(21)14(3)10-15/h10-16H,1-9H3;5-11,21H,1-4H3/b12-10+;7-5+. The normalized spacial score (nSPS) is 11.6. The van der Waals surface area contributed by atoms with E-state index in [2.05, 4.69) is 0 Å². The number of esters is 1. The minimum atomic E-state index is -1.14. The van der Waals surface area contributed by atoms with Crippen LogP contribution >= 0.6 is 0 Å². The van der Waals surface area contributed by atoms with Crippen molar-refractivity contribution in [3.05, 3.63) is 128 Å². The summed E-state index contributed by atoms with van der Waals surface area (Å²) in [5, 5.41) is 9.76. The van der Waals surface area contributed by atoms with Gasteiger partial charge in [-0.15, -0.1) is 0 Å². The van der Waals surface area contributed by atoms with Crippen molar-refractivity contribution < 1.29 is 38.4 Å². The zero-order valence-electron chi connectivity index (χ0n) is 33.9. The molecule has 1 N–H and O–H groups in total. The van der Waals surface area contributed by atoms with E-state index >= 15 is 0 Å². The molecular weight excluding hydrogens is 680 g/mol. The van der Waals surface area contributed by atoms with Gasteiger partial charge >= 0.3 is 5.97 Å². The number of benzene rings is 4. The van der Waals surface area contributed by atoms with Crippen molar-refractivity contribution in [3.8, 4) is 23.0 Å². The number of carbonyl (C=O) groups is 3. The number of ether oxygens (including phenoxy) is 4. The highest BCUT2D eigenvalue weighted by atomic mass is 16.6. The van der Waals surface area contributed by atoms with Crippen molar-refractivity contribution in [3.63, 3.8) is 0 Å². The first-order chi connectivity index (χ1) is 25.1. The summed E-state index contributed by atoms with van der Waals surface area (Å²) in [5.41, 5.74) is 6.45. The van der Waals surface area contributed by atoms with E-state index in [9.17, 15) is 19.5 Å². The average molecular weight is 735 g/mol. The van der Waals surface area contributed by atoms with E-state index in [1.807, 2.05) is 98.7 Å². The lowest BCUT2D eigenvalue weighted by Crippen LogP contribution is -2.43. The third-order valence-corrected chi connectivity index (χ3v) is 8.46. The van der Waals surface area contributed by atoms with E-state index < -0.39 is 17.2 Å². The molecule has 0 atom stereocenters. The van der Waals surface area contributed by atoms with Gasteiger partial charge in [0.15, 0.2) is 17.2 Å². The maximum Gasteiger partial charge on any atom is 0.350 e. The van der Waals surface area contributed by atoms with Crippen molar-refractivity contribution in [2.45, 2.75) is 87.4 Å². The number of aryl methyl sites for hydroxylation is 6. The second-order valence-corrected chi connectivity index (χ2v) is 14.9. The molecular formula is C46H54O8. The highest BCUT2D eigenvalue weighted by Crippen LogP contribution is 2.31. The summed E-state index contributed by atoms with van der Waals surface area (Å²) < 4.78 is 22.0. The Bertz CT molecular complexity index is 2030. The monoisotopic (exact) mass is 734 g/mol. The lowest BCUT2D eigenvalue weighted by molar-refractivity contribution is -0.171. The fourth-order valence-electron chi connectivity index (χ4n) is 5.62. The van der Waals surface area contributed by atoms with Gasteiger partial charge in [-0.2, -0.15) is 0 Å². The predicted molar refractivity (Wildman–Crippen MR) is 216 cm³/mol. The van der Waals surface area contributed by atoms with Gasteiger partial charge in [0.1, 0.15) is 28.6 Å². The molecule has 0 aliphatic carbocycles. The fraction of sp³-hybridized carbons (Fsp3) is 0.326. The third-order valence-electron chi connectivity index (χ3n) is 8.46. The number of methoxy groups -OCH3 is 2. The highest BCUT2D eigenvalue weighted by Gasteiger charge is 2.35. The molecule has 0 unspecified atom stereocenters. The van der Waals surface area contributed by atoms with E-state index in [0.717, 1.165) is 56.0 Å². The van der Waals surface area contributed by atoms with Gasteiger partial charge in [0.25, 0.3) is 0 Å². The number of hydrogen-bond acceptors (Lipinski definition) is 8. The molecule has 0 aromatic heterocycles. The number of phenolic OH excluding ortho intramolecular Hbond substituents is 1. The summed E-state index contributed by atoms with van der Waals surface area (Å²) in [6, 6.07) is 18.3. The van der Waals surface area contributed by atoms with Gasteiger partial charge in [0, 0.05) is 11.1 Å². The maximum atomic E-state index is 12.6. The lowest BCUT2D eigenvalue weighted by Gasteiger charge is -2.30. The van der Waals surface area contributed by atoms with Crippen LogP contribution in [-0.4, -0.2) is 48.1 Å². The molecule has 4 aromatic carbocycles. The Labute approximate surface area is 320 Å². The van der Waals surface area contributed by atoms with Crippen LogP contribution in [-0.2, 0) is 9.53 Å². The minimum Gasteiger partial charge on any atom is -0.507 e. The molecule has 0 bridgehead atoms. The van der Waals surface area contributed by atoms with Crippen molar-refractivity contribution in [2.75, 3.05) is 14.2 Å². The number of allylic oxidation sites excluding steroid dienone is 2. The molecule has 0 spiro atoms. The van der Waals surface area contributed by atoms with Crippen LogP contribution in [0.3, 0.4) is 0 Å². The molecule has 54 heavy (non-hydrogen) atoms. The molecule has 4 rings (SSSR count). The molecule has 4 aromatic rings. The zero-order valence-corrected chi connectivity index (χ0v) is 33.9. The second-order valence-electron chi connectivity index (χ2n) is 14.9. The Kier molecular flexibility index (Phi) is 14.2. The number of rotatable bonds is 11. The van der Waals surface area contributed by atoms with Gasteiger partial charge < -0.3 is 24.1 Å². The molecule has 0 saturated heterocycles. The quantitative estimate of drug-likeness (QED) is 0.0922. The van der Waals surface area contributed by atoms with E-state index in [-0.39, 0.29) is 11.6 Å². The molecule has 8 nitrogen and oxygen atoms in total. The molecule has 286 valence electrons. The lowest BCUT2D eigenvalue weighted by atomic mass is 10.0. The van der Waals surface area contributed by atoms with Crippen LogP contribution in [0.2, 0.25) is 0 Å². The minimum absolute atomic E-state index is 0.0610. The van der Waals surface area contributed by atoms with Crippen molar-refractivity contribution in [1.29, 1.82) is 0 Å². The first-order valence-electron chi connectivity index (χ1n) is 17.7. The Balaban J connectivity index is 0.000000311. The number of aromatic hydroxyl groups is 1. The van der Waals surface area contributed by atoms with E-state index in [1.54, 1.807) is 76.6 Å². The average Bonchev–Trinajstić information content (AvgIpc) is 3.09. The van der Waals surface area contributed by atoms with Gasteiger partial charge in [0.2, 0.25) is 0 Å². The van der Waals surface area contributed by atoms with Gasteiger partial charge in [-0.25, -0.2) is 4.79 Å². The topological polar surface area (TPSA) is 108 Å². The van der Waals surface area contributed by atoms with Crippen molar-refractivity contribution >= 4 is 29.7 Å². The Hall–Kier alpha value is -5.63. The third kappa shape index (κ3) is 11.7. The fourth-order valence-corrected chi connectivity index (χ4v) is 5.62. The van der Waals surface area contributed by atoms with Gasteiger partial charge in [0.05, 0.1) is 14.2 Å². The second kappa shape index (κ2) is 17.9. The molecule has 0 heterocycles. The summed E-state index contributed by atoms with van der Waals surface area (Å²) in [7, 11) is 3.22. The number of phenols is 1. The van der Waals surface area contributed by atoms with Crippen LogP contribution in [0.5, 0.6) is 23.0 Å². The summed E-state index contributed by atoms with van der Waals surface area (Å²) in [6.45, 7) is 20.2. The first-order valence-corrected chi connectivity index (χ1v) is 17.7. The summed E-state index contributed by atoms with van der Waals surface area (Å²) >= 11 is 0. The molecule has 0 aliphatic heterocycles. The van der Waals surface area contributed by atoms with Gasteiger partial charge in [-0.05, 0) is 193 Å². The van der Waals surface area contributed by atoms with Crippen LogP contribution in [0.1, 0.15) is 99.8 Å². The first kappa shape index (κ1) is 42.8. The van der Waals surface area contributed by atoms with E-state index in [4.69, 9.17) is 18.9 Å². The van der Waals surface area contributed by atoms with Crippen LogP contribution in [0, 0.1) is 41.5 Å². The highest BCUT2D eigenvalue weighted by molar-refractivity contribution is 6.07. The molecule has 0 amide bonds. The SMILES string of the molecule is COc1ccc(C(=O)/C=C/c2cc(C)c(O)c(C)c2)cc1C.COc1ccc(C(=O)/C=C/c2cc(C)c(OC(C)(C)C(=O)OC(C)(C)C)c(C)c2)cc1C. The molecule has 8 heteroatoms. The number of carbonyl (C=O) groups excluding carboxylic acids is 3. The zero-order chi connectivity index (χ0) is 40.5. The molecule has 0 radical (unpaired) electrons.